The number of nitrogens with one attached hydrogen (secondary N) is 1. The molecule has 0 radical (unpaired) electrons. The summed E-state index contributed by atoms with van der Waals surface area (Å²) in [5.74, 6) is -0.884. The monoisotopic (exact) mass is 326 g/mol. The smallest absolute Gasteiger partial charge is 0.250 e. The number of carbonyl (C=O) groups is 2. The molecule has 2 atom stereocenters. The lowest BCUT2D eigenvalue weighted by Gasteiger charge is -2.18. The maximum Gasteiger partial charge on any atom is 0.250 e. The van der Waals surface area contributed by atoms with E-state index in [0.29, 0.717) is 18.6 Å². The molecule has 1 heterocycles. The minimum atomic E-state index is -0.839. The van der Waals surface area contributed by atoms with Gasteiger partial charge < -0.3 is 15.8 Å². The van der Waals surface area contributed by atoms with Gasteiger partial charge in [-0.25, -0.2) is 0 Å². The lowest BCUT2D eigenvalue weighted by Crippen LogP contribution is -2.42. The van der Waals surface area contributed by atoms with E-state index in [-0.39, 0.29) is 5.91 Å². The average Bonchev–Trinajstić information content (AvgIpc) is 2.89. The van der Waals surface area contributed by atoms with Crippen molar-refractivity contribution in [3.05, 3.63) is 34.3 Å². The Kier molecular flexibility index (Phi) is 4.55. The average molecular weight is 327 g/mol. The van der Waals surface area contributed by atoms with Gasteiger partial charge in [-0.2, -0.15) is 0 Å². The molecule has 0 unspecified atom stereocenters. The molecule has 1 aromatic rings. The second-order valence-corrected chi connectivity index (χ2v) is 5.32. The van der Waals surface area contributed by atoms with Crippen LogP contribution in [0.15, 0.2) is 28.7 Å². The Morgan fingerprint density at radius 1 is 1.47 bits per heavy atom. The maximum atomic E-state index is 12.0. The third kappa shape index (κ3) is 3.54. The van der Waals surface area contributed by atoms with Gasteiger partial charge in [-0.1, -0.05) is 28.1 Å². The zero-order valence-electron chi connectivity index (χ0n) is 10.3. The standard InChI is InChI=1S/C13H15BrN2O3/c14-9-4-1-3-8(7-9)11(12(15)17)16-13(18)10-5-2-6-19-10/h1,3-4,7,10-11H,2,5-6H2,(H2,15,17)(H,16,18)/t10-,11+/m1/s1. The van der Waals surface area contributed by atoms with Gasteiger partial charge in [0.25, 0.3) is 0 Å². The van der Waals surface area contributed by atoms with E-state index < -0.39 is 18.1 Å². The van der Waals surface area contributed by atoms with E-state index in [0.717, 1.165) is 10.9 Å². The zero-order chi connectivity index (χ0) is 13.8. The van der Waals surface area contributed by atoms with Crippen LogP contribution in [0.5, 0.6) is 0 Å². The van der Waals surface area contributed by atoms with Gasteiger partial charge in [0.05, 0.1) is 0 Å². The summed E-state index contributed by atoms with van der Waals surface area (Å²) in [6.45, 7) is 0.580. The molecule has 1 saturated heterocycles. The van der Waals surface area contributed by atoms with Gasteiger partial charge in [0.2, 0.25) is 11.8 Å². The Bertz CT molecular complexity index is 487. The molecule has 0 aliphatic carbocycles. The van der Waals surface area contributed by atoms with Gasteiger partial charge in [0.1, 0.15) is 12.1 Å². The molecule has 2 amide bonds. The zero-order valence-corrected chi connectivity index (χ0v) is 11.9. The van der Waals surface area contributed by atoms with Crippen LogP contribution in [0, 0.1) is 0 Å². The molecule has 102 valence electrons. The predicted octanol–water partition coefficient (Wildman–Crippen LogP) is 1.27. The molecule has 0 saturated carbocycles. The fraction of sp³-hybridized carbons (Fsp3) is 0.385. The largest absolute Gasteiger partial charge is 0.368 e. The molecule has 1 aromatic carbocycles. The number of amides is 2. The van der Waals surface area contributed by atoms with Crippen molar-refractivity contribution in [1.29, 1.82) is 0 Å². The van der Waals surface area contributed by atoms with Crippen molar-refractivity contribution in [3.8, 4) is 0 Å². The van der Waals surface area contributed by atoms with E-state index in [1.54, 1.807) is 18.2 Å². The summed E-state index contributed by atoms with van der Waals surface area (Å²) in [6, 6.07) is 6.28. The van der Waals surface area contributed by atoms with E-state index in [9.17, 15) is 9.59 Å². The van der Waals surface area contributed by atoms with Gasteiger partial charge in [-0.15, -0.1) is 0 Å². The van der Waals surface area contributed by atoms with Gasteiger partial charge in [0, 0.05) is 11.1 Å². The maximum absolute atomic E-state index is 12.0. The van der Waals surface area contributed by atoms with Crippen molar-refractivity contribution >= 4 is 27.7 Å². The molecular weight excluding hydrogens is 312 g/mol. The highest BCUT2D eigenvalue weighted by Gasteiger charge is 2.28. The van der Waals surface area contributed by atoms with Crippen LogP contribution >= 0.6 is 15.9 Å². The van der Waals surface area contributed by atoms with Crippen molar-refractivity contribution in [2.24, 2.45) is 5.73 Å². The fourth-order valence-electron chi connectivity index (χ4n) is 2.02. The first-order chi connectivity index (χ1) is 9.08. The van der Waals surface area contributed by atoms with Gasteiger partial charge in [-0.3, -0.25) is 9.59 Å². The molecule has 1 aliphatic rings. The van der Waals surface area contributed by atoms with Crippen molar-refractivity contribution in [1.82, 2.24) is 5.32 Å². The van der Waals surface area contributed by atoms with Crippen LogP contribution in [-0.4, -0.2) is 24.5 Å². The molecule has 2 rings (SSSR count). The van der Waals surface area contributed by atoms with Crippen molar-refractivity contribution < 1.29 is 14.3 Å². The van der Waals surface area contributed by atoms with E-state index in [2.05, 4.69) is 21.2 Å². The number of benzene rings is 1. The number of carbonyl (C=O) groups excluding carboxylic acids is 2. The molecule has 0 bridgehead atoms. The van der Waals surface area contributed by atoms with E-state index in [1.165, 1.54) is 0 Å². The predicted molar refractivity (Wildman–Crippen MR) is 73.2 cm³/mol. The first-order valence-electron chi connectivity index (χ1n) is 6.04. The molecule has 0 spiro atoms. The summed E-state index contributed by atoms with van der Waals surface area (Å²) in [5, 5.41) is 2.64. The van der Waals surface area contributed by atoms with E-state index >= 15 is 0 Å². The second kappa shape index (κ2) is 6.16. The normalized spacial score (nSPS) is 19.9. The number of ether oxygens (including phenoxy) is 1. The van der Waals surface area contributed by atoms with Crippen LogP contribution in [0.25, 0.3) is 0 Å². The molecule has 1 aliphatic heterocycles. The van der Waals surface area contributed by atoms with Crippen molar-refractivity contribution in [3.63, 3.8) is 0 Å². The Hall–Kier alpha value is -1.40. The van der Waals surface area contributed by atoms with Crippen LogP contribution in [0.2, 0.25) is 0 Å². The van der Waals surface area contributed by atoms with Gasteiger partial charge in [0.15, 0.2) is 0 Å². The van der Waals surface area contributed by atoms with Gasteiger partial charge >= 0.3 is 0 Å². The number of nitrogens with two attached hydrogens (primary N) is 1. The molecule has 1 fully saturated rings. The number of rotatable bonds is 4. The quantitative estimate of drug-likeness (QED) is 0.874. The summed E-state index contributed by atoms with van der Waals surface area (Å²) < 4.78 is 6.10. The molecular formula is C13H15BrN2O3. The summed E-state index contributed by atoms with van der Waals surface area (Å²) in [4.78, 5) is 23.5. The van der Waals surface area contributed by atoms with E-state index in [1.807, 2.05) is 6.07 Å². The third-order valence-corrected chi connectivity index (χ3v) is 3.47. The first kappa shape index (κ1) is 14.0. The van der Waals surface area contributed by atoms with Crippen LogP contribution in [0.3, 0.4) is 0 Å². The topological polar surface area (TPSA) is 81.4 Å². The third-order valence-electron chi connectivity index (χ3n) is 2.98. The highest BCUT2D eigenvalue weighted by Crippen LogP contribution is 2.19. The van der Waals surface area contributed by atoms with Crippen LogP contribution < -0.4 is 11.1 Å². The molecule has 6 heteroatoms. The Morgan fingerprint density at radius 2 is 2.26 bits per heavy atom. The highest BCUT2D eigenvalue weighted by atomic mass is 79.9. The summed E-state index contributed by atoms with van der Waals surface area (Å²) >= 11 is 3.32. The summed E-state index contributed by atoms with van der Waals surface area (Å²) in [6.07, 6.45) is 1.06. The lowest BCUT2D eigenvalue weighted by molar-refractivity contribution is -0.133. The number of hydrogen-bond donors (Lipinski definition) is 2. The molecule has 5 nitrogen and oxygen atoms in total. The fourth-order valence-corrected chi connectivity index (χ4v) is 2.44. The van der Waals surface area contributed by atoms with Crippen molar-refractivity contribution in [2.75, 3.05) is 6.61 Å². The summed E-state index contributed by atoms with van der Waals surface area (Å²) in [5.41, 5.74) is 6.00. The number of halogens is 1. The van der Waals surface area contributed by atoms with Gasteiger partial charge in [-0.05, 0) is 30.5 Å². The van der Waals surface area contributed by atoms with Crippen molar-refractivity contribution in [2.45, 2.75) is 25.0 Å². The molecule has 0 aromatic heterocycles. The second-order valence-electron chi connectivity index (χ2n) is 4.40. The Morgan fingerprint density at radius 3 is 2.84 bits per heavy atom. The van der Waals surface area contributed by atoms with Crippen LogP contribution in [0.1, 0.15) is 24.4 Å². The minimum Gasteiger partial charge on any atom is -0.368 e. The van der Waals surface area contributed by atoms with Crippen LogP contribution in [0.4, 0.5) is 0 Å². The first-order valence-corrected chi connectivity index (χ1v) is 6.84. The SMILES string of the molecule is NC(=O)[C@@H](NC(=O)[C@H]1CCCO1)c1cccc(Br)c1. The number of primary amides is 1. The van der Waals surface area contributed by atoms with E-state index in [4.69, 9.17) is 10.5 Å². The van der Waals surface area contributed by atoms with Crippen LogP contribution in [-0.2, 0) is 14.3 Å². The number of hydrogen-bond acceptors (Lipinski definition) is 3. The summed E-state index contributed by atoms with van der Waals surface area (Å²) in [7, 11) is 0. The Balaban J connectivity index is 2.12. The molecule has 3 N–H and O–H groups in total. The lowest BCUT2D eigenvalue weighted by atomic mass is 10.1. The Labute approximate surface area is 119 Å². The molecule has 19 heavy (non-hydrogen) atoms. The highest BCUT2D eigenvalue weighted by molar-refractivity contribution is 9.10. The minimum absolute atomic E-state index is 0.290.